The largest absolute Gasteiger partial charge is 0.325 e. The van der Waals surface area contributed by atoms with Crippen molar-refractivity contribution in [3.63, 3.8) is 0 Å². The first kappa shape index (κ1) is 10.3. The second-order valence-electron chi connectivity index (χ2n) is 5.72. The molecule has 4 fully saturated rings. The lowest BCUT2D eigenvalue weighted by molar-refractivity contribution is -0.0359. The summed E-state index contributed by atoms with van der Waals surface area (Å²) in [6.45, 7) is 0. The zero-order valence-electron chi connectivity index (χ0n) is 8.33. The molecule has 0 spiro atoms. The third kappa shape index (κ3) is 1.26. The Morgan fingerprint density at radius 1 is 1.14 bits per heavy atom. The Labute approximate surface area is 91.3 Å². The van der Waals surface area contributed by atoms with E-state index in [1.54, 1.807) is 0 Å². The molecule has 2 nitrogen and oxygen atoms in total. The van der Waals surface area contributed by atoms with Crippen LogP contribution < -0.4 is 5.73 Å². The molecule has 0 radical (unpaired) electrons. The Morgan fingerprint density at radius 2 is 1.71 bits per heavy atom. The molecule has 4 bridgehead atoms. The molecule has 4 aliphatic carbocycles. The van der Waals surface area contributed by atoms with E-state index in [4.69, 9.17) is 5.73 Å². The van der Waals surface area contributed by atoms with Crippen LogP contribution in [0.15, 0.2) is 0 Å². The van der Waals surface area contributed by atoms with E-state index in [2.05, 4.69) is 6.07 Å². The van der Waals surface area contributed by atoms with Gasteiger partial charge in [0.05, 0.1) is 11.5 Å². The number of nitrogens with zero attached hydrogens (tertiary/aromatic N) is 1. The smallest absolute Gasteiger partial charge is 0.0690 e. The topological polar surface area (TPSA) is 49.8 Å². The van der Waals surface area contributed by atoms with Crippen LogP contribution in [0.1, 0.15) is 38.5 Å². The van der Waals surface area contributed by atoms with E-state index in [9.17, 15) is 5.26 Å². The first-order chi connectivity index (χ1) is 6.13. The van der Waals surface area contributed by atoms with Gasteiger partial charge in [0.15, 0.2) is 0 Å². The fourth-order valence-electron chi connectivity index (χ4n) is 4.46. The third-order valence-corrected chi connectivity index (χ3v) is 4.34. The highest BCUT2D eigenvalue weighted by Gasteiger charge is 2.56. The summed E-state index contributed by atoms with van der Waals surface area (Å²) in [5.74, 6) is 1.54. The van der Waals surface area contributed by atoms with Gasteiger partial charge in [0.2, 0.25) is 0 Å². The van der Waals surface area contributed by atoms with Crippen LogP contribution in [-0.4, -0.2) is 5.54 Å². The summed E-state index contributed by atoms with van der Waals surface area (Å²) in [5, 5.41) is 9.24. The highest BCUT2D eigenvalue weighted by atomic mass is 35.5. The van der Waals surface area contributed by atoms with Crippen LogP contribution in [0.2, 0.25) is 0 Å². The van der Waals surface area contributed by atoms with Gasteiger partial charge >= 0.3 is 0 Å². The molecule has 14 heavy (non-hydrogen) atoms. The molecule has 4 aliphatic rings. The second kappa shape index (κ2) is 2.87. The van der Waals surface area contributed by atoms with Gasteiger partial charge in [-0.2, -0.15) is 5.26 Å². The van der Waals surface area contributed by atoms with Crippen molar-refractivity contribution >= 4 is 12.4 Å². The number of rotatable bonds is 0. The summed E-state index contributed by atoms with van der Waals surface area (Å²) >= 11 is 0. The van der Waals surface area contributed by atoms with Crippen molar-refractivity contribution in [3.05, 3.63) is 0 Å². The Morgan fingerprint density at radius 3 is 2.14 bits per heavy atom. The number of hydrogen-bond acceptors (Lipinski definition) is 2. The number of hydrogen-bond donors (Lipinski definition) is 1. The van der Waals surface area contributed by atoms with E-state index in [0.29, 0.717) is 0 Å². The molecule has 0 amide bonds. The highest BCUT2D eigenvalue weighted by Crippen LogP contribution is 2.60. The Kier molecular flexibility index (Phi) is 2.10. The van der Waals surface area contributed by atoms with E-state index in [0.717, 1.165) is 31.1 Å². The molecule has 2 unspecified atom stereocenters. The molecule has 0 aliphatic heterocycles. The zero-order valence-corrected chi connectivity index (χ0v) is 9.15. The Bertz CT molecular complexity index is 280. The van der Waals surface area contributed by atoms with Gasteiger partial charge in [-0.1, -0.05) is 0 Å². The van der Waals surface area contributed by atoms with Crippen molar-refractivity contribution in [2.75, 3.05) is 0 Å². The molecular weight excluding hydrogens is 196 g/mol. The zero-order chi connectivity index (χ0) is 9.10. The van der Waals surface area contributed by atoms with Crippen LogP contribution in [0.4, 0.5) is 0 Å². The van der Waals surface area contributed by atoms with Crippen LogP contribution in [0.5, 0.6) is 0 Å². The molecule has 2 N–H and O–H groups in total. The first-order valence-electron chi connectivity index (χ1n) is 5.33. The number of halogens is 1. The summed E-state index contributed by atoms with van der Waals surface area (Å²) in [7, 11) is 0. The van der Waals surface area contributed by atoms with E-state index < -0.39 is 0 Å². The Hall–Kier alpha value is -0.260. The first-order valence-corrected chi connectivity index (χ1v) is 5.33. The predicted octanol–water partition coefficient (Wildman–Crippen LogP) is 2.23. The summed E-state index contributed by atoms with van der Waals surface area (Å²) < 4.78 is 0. The number of nitrogens with two attached hydrogens (primary N) is 1. The normalized spacial score (nSPS) is 53.7. The third-order valence-electron chi connectivity index (χ3n) is 4.34. The van der Waals surface area contributed by atoms with Gasteiger partial charge in [-0.05, 0) is 50.4 Å². The van der Waals surface area contributed by atoms with Crippen molar-refractivity contribution < 1.29 is 0 Å². The average Bonchev–Trinajstić information content (AvgIpc) is 1.99. The summed E-state index contributed by atoms with van der Waals surface area (Å²) in [4.78, 5) is 0. The average molecular weight is 213 g/mol. The van der Waals surface area contributed by atoms with E-state index in [1.807, 2.05) is 0 Å². The molecule has 0 aromatic carbocycles. The molecule has 2 atom stereocenters. The fourth-order valence-corrected chi connectivity index (χ4v) is 4.46. The minimum Gasteiger partial charge on any atom is -0.325 e. The standard InChI is InChI=1S/C11H16N2.ClH/c12-7-10-2-8-1-9(3-10)5-11(13,4-8)6-10;/h8-9H,1-6,13H2;1H. The van der Waals surface area contributed by atoms with Crippen molar-refractivity contribution in [3.8, 4) is 6.07 Å². The highest BCUT2D eigenvalue weighted by molar-refractivity contribution is 5.85. The number of nitriles is 1. The van der Waals surface area contributed by atoms with Crippen LogP contribution in [0.3, 0.4) is 0 Å². The molecular formula is C11H17ClN2. The molecule has 0 aromatic heterocycles. The maximum absolute atomic E-state index is 9.24. The van der Waals surface area contributed by atoms with Crippen LogP contribution in [0.25, 0.3) is 0 Å². The van der Waals surface area contributed by atoms with Gasteiger partial charge < -0.3 is 5.73 Å². The summed E-state index contributed by atoms with van der Waals surface area (Å²) in [6.07, 6.45) is 6.98. The van der Waals surface area contributed by atoms with Crippen molar-refractivity contribution in [1.82, 2.24) is 0 Å². The molecule has 78 valence electrons. The van der Waals surface area contributed by atoms with Crippen LogP contribution in [0, 0.1) is 28.6 Å². The van der Waals surface area contributed by atoms with Gasteiger partial charge in [0, 0.05) is 5.54 Å². The van der Waals surface area contributed by atoms with Gasteiger partial charge in [0.1, 0.15) is 0 Å². The lowest BCUT2D eigenvalue weighted by Gasteiger charge is -2.58. The van der Waals surface area contributed by atoms with Gasteiger partial charge in [-0.15, -0.1) is 12.4 Å². The maximum atomic E-state index is 9.24. The minimum absolute atomic E-state index is 0. The second-order valence-corrected chi connectivity index (χ2v) is 5.72. The van der Waals surface area contributed by atoms with E-state index >= 15 is 0 Å². The lowest BCUT2D eigenvalue weighted by atomic mass is 9.47. The molecule has 3 heteroatoms. The van der Waals surface area contributed by atoms with Crippen molar-refractivity contribution in [2.45, 2.75) is 44.1 Å². The molecule has 4 saturated carbocycles. The lowest BCUT2D eigenvalue weighted by Crippen LogP contribution is -2.59. The Balaban J connectivity index is 0.000000750. The van der Waals surface area contributed by atoms with E-state index in [-0.39, 0.29) is 23.4 Å². The molecule has 0 saturated heterocycles. The van der Waals surface area contributed by atoms with Crippen LogP contribution >= 0.6 is 12.4 Å². The fraction of sp³-hybridized carbons (Fsp3) is 0.909. The monoisotopic (exact) mass is 212 g/mol. The molecule has 0 heterocycles. The summed E-state index contributed by atoms with van der Waals surface area (Å²) in [6, 6.07) is 2.55. The van der Waals surface area contributed by atoms with Gasteiger partial charge in [-0.25, -0.2) is 0 Å². The summed E-state index contributed by atoms with van der Waals surface area (Å²) in [5.41, 5.74) is 6.36. The predicted molar refractivity (Wildman–Crippen MR) is 56.9 cm³/mol. The van der Waals surface area contributed by atoms with Crippen molar-refractivity contribution in [1.29, 1.82) is 5.26 Å². The van der Waals surface area contributed by atoms with Crippen LogP contribution in [-0.2, 0) is 0 Å². The van der Waals surface area contributed by atoms with Crippen molar-refractivity contribution in [2.24, 2.45) is 23.0 Å². The molecule has 0 aromatic rings. The van der Waals surface area contributed by atoms with Gasteiger partial charge in [-0.3, -0.25) is 0 Å². The molecule has 4 rings (SSSR count). The SMILES string of the molecule is Cl.N#CC12CC3CC(CC(N)(C3)C1)C2. The van der Waals surface area contributed by atoms with E-state index in [1.165, 1.54) is 19.3 Å². The quantitative estimate of drug-likeness (QED) is 0.670. The van der Waals surface area contributed by atoms with Gasteiger partial charge in [0.25, 0.3) is 0 Å². The minimum atomic E-state index is -0.0150. The maximum Gasteiger partial charge on any atom is 0.0690 e.